The van der Waals surface area contributed by atoms with Gasteiger partial charge in [-0.3, -0.25) is 14.9 Å². The maximum absolute atomic E-state index is 12.8. The summed E-state index contributed by atoms with van der Waals surface area (Å²) < 4.78 is 0. The molecule has 1 atom stereocenters. The first-order chi connectivity index (χ1) is 12.5. The summed E-state index contributed by atoms with van der Waals surface area (Å²) in [4.78, 5) is 23.1. The summed E-state index contributed by atoms with van der Waals surface area (Å²) in [5.74, 6) is -0.261. The zero-order chi connectivity index (χ0) is 18.9. The van der Waals surface area contributed by atoms with Gasteiger partial charge in [0.05, 0.1) is 15.6 Å². The van der Waals surface area contributed by atoms with E-state index in [2.05, 4.69) is 17.6 Å². The van der Waals surface area contributed by atoms with Gasteiger partial charge in [0, 0.05) is 12.1 Å². The van der Waals surface area contributed by atoms with Gasteiger partial charge in [-0.05, 0) is 24.6 Å². The Bertz CT molecular complexity index is 753. The number of non-ortho nitro benzene ring substituents is 1. The lowest BCUT2D eigenvalue weighted by molar-refractivity contribution is -0.384. The number of hydrogen-bond acceptors (Lipinski definition) is 4. The van der Waals surface area contributed by atoms with Gasteiger partial charge in [0.2, 0.25) is 5.91 Å². The van der Waals surface area contributed by atoms with E-state index in [0.29, 0.717) is 5.69 Å². The zero-order valence-electron chi connectivity index (χ0n) is 14.6. The quantitative estimate of drug-likeness (QED) is 0.377. The second kappa shape index (κ2) is 9.89. The number of benzene rings is 2. The highest BCUT2D eigenvalue weighted by Gasteiger charge is 2.21. The van der Waals surface area contributed by atoms with Gasteiger partial charge < -0.3 is 10.6 Å². The molecule has 0 bridgehead atoms. The lowest BCUT2D eigenvalue weighted by Gasteiger charge is -2.19. The van der Waals surface area contributed by atoms with Gasteiger partial charge in [0.1, 0.15) is 6.04 Å². The Balaban J connectivity index is 2.14. The van der Waals surface area contributed by atoms with E-state index < -0.39 is 11.0 Å². The number of carbonyl (C=O) groups excluding carboxylic acids is 1. The largest absolute Gasteiger partial charge is 0.323 e. The van der Waals surface area contributed by atoms with Crippen LogP contribution in [0, 0.1) is 10.1 Å². The fourth-order valence-electron chi connectivity index (χ4n) is 2.55. The molecule has 2 rings (SSSR count). The van der Waals surface area contributed by atoms with Crippen molar-refractivity contribution in [3.05, 3.63) is 69.2 Å². The highest BCUT2D eigenvalue weighted by Crippen LogP contribution is 2.27. The Morgan fingerprint density at radius 1 is 1.19 bits per heavy atom. The van der Waals surface area contributed by atoms with Crippen LogP contribution in [0.1, 0.15) is 37.8 Å². The molecule has 0 saturated heterocycles. The van der Waals surface area contributed by atoms with Crippen LogP contribution >= 0.6 is 11.6 Å². The molecule has 0 aliphatic carbocycles. The number of unbranched alkanes of at least 4 members (excludes halogenated alkanes) is 2. The summed E-state index contributed by atoms with van der Waals surface area (Å²) in [5, 5.41) is 17.0. The van der Waals surface area contributed by atoms with Gasteiger partial charge in [0.25, 0.3) is 5.69 Å². The number of nitro groups is 1. The molecule has 0 radical (unpaired) electrons. The first kappa shape index (κ1) is 19.9. The van der Waals surface area contributed by atoms with Crippen molar-refractivity contribution in [3.8, 4) is 0 Å². The Morgan fingerprint density at radius 3 is 2.54 bits per heavy atom. The summed E-state index contributed by atoms with van der Waals surface area (Å²) >= 11 is 6.07. The van der Waals surface area contributed by atoms with Crippen molar-refractivity contribution in [2.24, 2.45) is 0 Å². The maximum Gasteiger partial charge on any atom is 0.271 e. The van der Waals surface area contributed by atoms with E-state index in [1.54, 1.807) is 0 Å². The molecule has 0 fully saturated rings. The number of nitrogens with zero attached hydrogens (tertiary/aromatic N) is 1. The van der Waals surface area contributed by atoms with E-state index in [1.165, 1.54) is 18.2 Å². The number of halogens is 1. The Morgan fingerprint density at radius 2 is 1.92 bits per heavy atom. The van der Waals surface area contributed by atoms with E-state index >= 15 is 0 Å². The number of amides is 1. The molecule has 0 aliphatic heterocycles. The maximum atomic E-state index is 12.8. The van der Waals surface area contributed by atoms with Crippen LogP contribution in [0.15, 0.2) is 48.5 Å². The minimum absolute atomic E-state index is 0.120. The molecule has 0 aromatic heterocycles. The first-order valence-corrected chi connectivity index (χ1v) is 8.94. The molecule has 7 heteroatoms. The Kier molecular flexibility index (Phi) is 7.56. The third-order valence-electron chi connectivity index (χ3n) is 3.95. The molecule has 26 heavy (non-hydrogen) atoms. The summed E-state index contributed by atoms with van der Waals surface area (Å²) in [6.07, 6.45) is 3.16. The van der Waals surface area contributed by atoms with Crippen LogP contribution in [0.25, 0.3) is 0 Å². The number of hydrogen-bond donors (Lipinski definition) is 2. The van der Waals surface area contributed by atoms with Gasteiger partial charge in [-0.1, -0.05) is 61.7 Å². The van der Waals surface area contributed by atoms with Gasteiger partial charge in [-0.25, -0.2) is 0 Å². The molecule has 2 aromatic carbocycles. The lowest BCUT2D eigenvalue weighted by Crippen LogP contribution is -2.33. The molecule has 1 amide bonds. The molecule has 2 aromatic rings. The summed E-state index contributed by atoms with van der Waals surface area (Å²) in [7, 11) is 0. The second-order valence-corrected chi connectivity index (χ2v) is 6.32. The molecular weight excluding hydrogens is 354 g/mol. The number of nitrogens with one attached hydrogen (secondary N) is 2. The molecule has 0 aliphatic rings. The SMILES string of the molecule is CCCCCN[C@@H](C(=O)Nc1ccc([N+](=O)[O-])cc1Cl)c1ccccc1. The van der Waals surface area contributed by atoms with E-state index in [4.69, 9.17) is 11.6 Å². The molecule has 0 heterocycles. The second-order valence-electron chi connectivity index (χ2n) is 5.92. The van der Waals surface area contributed by atoms with Crippen LogP contribution in [-0.4, -0.2) is 17.4 Å². The summed E-state index contributed by atoms with van der Waals surface area (Å²) in [5.41, 5.74) is 1.07. The fourth-order valence-corrected chi connectivity index (χ4v) is 2.77. The minimum atomic E-state index is -0.528. The molecule has 0 unspecified atom stereocenters. The number of nitro benzene ring substituents is 1. The standard InChI is InChI=1S/C19H22ClN3O3/c1-2-3-7-12-21-18(14-8-5-4-6-9-14)19(24)22-17-11-10-15(23(25)26)13-16(17)20/h4-6,8-11,13,18,21H,2-3,7,12H2,1H3,(H,22,24)/t18-/m1/s1. The predicted molar refractivity (Wildman–Crippen MR) is 103 cm³/mol. The van der Waals surface area contributed by atoms with Crippen molar-refractivity contribution in [1.29, 1.82) is 0 Å². The van der Waals surface area contributed by atoms with E-state index in [0.717, 1.165) is 31.4 Å². The van der Waals surface area contributed by atoms with Crippen LogP contribution in [0.3, 0.4) is 0 Å². The van der Waals surface area contributed by atoms with Crippen molar-refractivity contribution in [2.45, 2.75) is 32.2 Å². The van der Waals surface area contributed by atoms with Crippen LogP contribution in [-0.2, 0) is 4.79 Å². The van der Waals surface area contributed by atoms with Gasteiger partial charge in [-0.15, -0.1) is 0 Å². The predicted octanol–water partition coefficient (Wildman–Crippen LogP) is 4.71. The molecule has 0 spiro atoms. The fraction of sp³-hybridized carbons (Fsp3) is 0.316. The minimum Gasteiger partial charge on any atom is -0.323 e. The van der Waals surface area contributed by atoms with Crippen LogP contribution in [0.5, 0.6) is 0 Å². The average Bonchev–Trinajstić information content (AvgIpc) is 2.64. The first-order valence-electron chi connectivity index (χ1n) is 8.56. The Hall–Kier alpha value is -2.44. The molecule has 6 nitrogen and oxygen atoms in total. The van der Waals surface area contributed by atoms with Crippen molar-refractivity contribution < 1.29 is 9.72 Å². The molecule has 2 N–H and O–H groups in total. The zero-order valence-corrected chi connectivity index (χ0v) is 15.3. The van der Waals surface area contributed by atoms with Crippen molar-refractivity contribution in [3.63, 3.8) is 0 Å². The summed E-state index contributed by atoms with van der Waals surface area (Å²) in [6, 6.07) is 12.9. The van der Waals surface area contributed by atoms with Crippen molar-refractivity contribution in [2.75, 3.05) is 11.9 Å². The van der Waals surface area contributed by atoms with Crippen LogP contribution in [0.2, 0.25) is 5.02 Å². The normalized spacial score (nSPS) is 11.8. The lowest BCUT2D eigenvalue weighted by atomic mass is 10.1. The van der Waals surface area contributed by atoms with E-state index in [9.17, 15) is 14.9 Å². The molecule has 138 valence electrons. The third kappa shape index (κ3) is 5.54. The Labute approximate surface area is 157 Å². The summed E-state index contributed by atoms with van der Waals surface area (Å²) in [6.45, 7) is 2.84. The number of anilines is 1. The van der Waals surface area contributed by atoms with E-state index in [1.807, 2.05) is 30.3 Å². The van der Waals surface area contributed by atoms with Crippen molar-refractivity contribution in [1.82, 2.24) is 5.32 Å². The average molecular weight is 376 g/mol. The highest BCUT2D eigenvalue weighted by atomic mass is 35.5. The van der Waals surface area contributed by atoms with Crippen LogP contribution < -0.4 is 10.6 Å². The van der Waals surface area contributed by atoms with Gasteiger partial charge in [-0.2, -0.15) is 0 Å². The highest BCUT2D eigenvalue weighted by molar-refractivity contribution is 6.34. The molecule has 0 saturated carbocycles. The number of rotatable bonds is 9. The topological polar surface area (TPSA) is 84.3 Å². The third-order valence-corrected chi connectivity index (χ3v) is 4.26. The van der Waals surface area contributed by atoms with Crippen molar-refractivity contribution >= 4 is 28.9 Å². The number of carbonyl (C=O) groups is 1. The van der Waals surface area contributed by atoms with Gasteiger partial charge >= 0.3 is 0 Å². The molecular formula is C19H22ClN3O3. The monoisotopic (exact) mass is 375 g/mol. The van der Waals surface area contributed by atoms with Crippen LogP contribution in [0.4, 0.5) is 11.4 Å². The smallest absolute Gasteiger partial charge is 0.271 e. The van der Waals surface area contributed by atoms with E-state index in [-0.39, 0.29) is 16.6 Å². The van der Waals surface area contributed by atoms with Gasteiger partial charge in [0.15, 0.2) is 0 Å².